The van der Waals surface area contributed by atoms with Crippen molar-refractivity contribution in [2.75, 3.05) is 39.2 Å². The maximum absolute atomic E-state index is 12.1. The molecule has 132 valence electrons. The van der Waals surface area contributed by atoms with Crippen molar-refractivity contribution < 1.29 is 19.1 Å². The number of likely N-dealkylation sites (tertiary alicyclic amines) is 1. The highest BCUT2D eigenvalue weighted by atomic mass is 16.5. The van der Waals surface area contributed by atoms with Crippen LogP contribution in [0.5, 0.6) is 11.5 Å². The minimum atomic E-state index is -0.720. The van der Waals surface area contributed by atoms with E-state index < -0.39 is 11.8 Å². The van der Waals surface area contributed by atoms with Crippen molar-refractivity contribution in [1.82, 2.24) is 10.2 Å². The Kier molecular flexibility index (Phi) is 6.43. The molecule has 1 aliphatic rings. The number of amides is 2. The molecule has 7 heteroatoms. The Morgan fingerprint density at radius 1 is 1.25 bits per heavy atom. The Balaban J connectivity index is 1.93. The van der Waals surface area contributed by atoms with Gasteiger partial charge in [-0.15, -0.1) is 0 Å². The molecule has 7 nitrogen and oxygen atoms in total. The molecule has 1 atom stereocenters. The number of rotatable bonds is 6. The lowest BCUT2D eigenvalue weighted by molar-refractivity contribution is -0.136. The Morgan fingerprint density at radius 2 is 2.04 bits per heavy atom. The lowest BCUT2D eigenvalue weighted by Gasteiger charge is -2.22. The summed E-state index contributed by atoms with van der Waals surface area (Å²) in [6, 6.07) is 5.30. The number of nitrogens with one attached hydrogen (secondary N) is 2. The summed E-state index contributed by atoms with van der Waals surface area (Å²) in [4.78, 5) is 26.5. The molecule has 1 aromatic carbocycles. The van der Waals surface area contributed by atoms with E-state index in [0.29, 0.717) is 29.8 Å². The van der Waals surface area contributed by atoms with Crippen molar-refractivity contribution in [2.24, 2.45) is 0 Å². The van der Waals surface area contributed by atoms with E-state index in [4.69, 9.17) is 9.47 Å². The van der Waals surface area contributed by atoms with E-state index in [1.165, 1.54) is 14.2 Å². The summed E-state index contributed by atoms with van der Waals surface area (Å²) in [6.45, 7) is 4.58. The molecule has 1 fully saturated rings. The molecule has 0 saturated carbocycles. The van der Waals surface area contributed by atoms with Crippen LogP contribution >= 0.6 is 0 Å². The summed E-state index contributed by atoms with van der Waals surface area (Å²) in [5.74, 6) is -0.341. The standard InChI is InChI=1S/C17H25N3O4/c1-4-20-9-5-6-12(20)11-18-16(21)17(22)19-14-10-13(23-2)7-8-15(14)24-3/h7-8,10,12H,4-6,9,11H2,1-3H3,(H,18,21)(H,19,22)/t12-/m0/s1. The highest BCUT2D eigenvalue weighted by Gasteiger charge is 2.24. The van der Waals surface area contributed by atoms with Gasteiger partial charge in [0.25, 0.3) is 0 Å². The first-order chi connectivity index (χ1) is 11.6. The van der Waals surface area contributed by atoms with E-state index in [9.17, 15) is 9.59 Å². The van der Waals surface area contributed by atoms with Gasteiger partial charge >= 0.3 is 11.8 Å². The zero-order chi connectivity index (χ0) is 17.5. The zero-order valence-electron chi connectivity index (χ0n) is 14.4. The third-order valence-electron chi connectivity index (χ3n) is 4.26. The fourth-order valence-corrected chi connectivity index (χ4v) is 2.92. The van der Waals surface area contributed by atoms with Gasteiger partial charge in [-0.1, -0.05) is 6.92 Å². The van der Waals surface area contributed by atoms with Crippen molar-refractivity contribution in [3.8, 4) is 11.5 Å². The Morgan fingerprint density at radius 3 is 2.71 bits per heavy atom. The second-order valence-corrected chi connectivity index (χ2v) is 5.66. The average Bonchev–Trinajstić information content (AvgIpc) is 3.06. The third kappa shape index (κ3) is 4.38. The normalized spacial score (nSPS) is 17.4. The minimum absolute atomic E-state index is 0.304. The van der Waals surface area contributed by atoms with Crippen molar-refractivity contribution in [3.63, 3.8) is 0 Å². The van der Waals surface area contributed by atoms with Gasteiger partial charge in [0.1, 0.15) is 11.5 Å². The smallest absolute Gasteiger partial charge is 0.313 e. The molecule has 1 saturated heterocycles. The first-order valence-electron chi connectivity index (χ1n) is 8.14. The number of nitrogens with zero attached hydrogens (tertiary/aromatic N) is 1. The lowest BCUT2D eigenvalue weighted by Crippen LogP contribution is -2.43. The first kappa shape index (κ1) is 18.1. The van der Waals surface area contributed by atoms with Gasteiger partial charge < -0.3 is 20.1 Å². The van der Waals surface area contributed by atoms with Crippen LogP contribution in [0.25, 0.3) is 0 Å². The monoisotopic (exact) mass is 335 g/mol. The van der Waals surface area contributed by atoms with Gasteiger partial charge in [-0.25, -0.2) is 0 Å². The summed E-state index contributed by atoms with van der Waals surface area (Å²) >= 11 is 0. The molecule has 2 amide bonds. The van der Waals surface area contributed by atoms with Crippen LogP contribution in [0.15, 0.2) is 18.2 Å². The predicted octanol–water partition coefficient (Wildman–Crippen LogP) is 1.24. The van der Waals surface area contributed by atoms with Gasteiger partial charge in [-0.2, -0.15) is 0 Å². The minimum Gasteiger partial charge on any atom is -0.497 e. The highest BCUT2D eigenvalue weighted by molar-refractivity contribution is 6.39. The number of methoxy groups -OCH3 is 2. The second kappa shape index (κ2) is 8.54. The number of carbonyl (C=O) groups is 2. The molecule has 0 aromatic heterocycles. The Hall–Kier alpha value is -2.28. The zero-order valence-corrected chi connectivity index (χ0v) is 14.4. The van der Waals surface area contributed by atoms with Gasteiger partial charge in [0.15, 0.2) is 0 Å². The quantitative estimate of drug-likeness (QED) is 0.765. The molecule has 0 unspecified atom stereocenters. The molecule has 1 aliphatic heterocycles. The van der Waals surface area contributed by atoms with E-state index in [-0.39, 0.29) is 0 Å². The van der Waals surface area contributed by atoms with Gasteiger partial charge in [-0.3, -0.25) is 14.5 Å². The van der Waals surface area contributed by atoms with Gasteiger partial charge in [-0.05, 0) is 38.1 Å². The maximum Gasteiger partial charge on any atom is 0.313 e. The topological polar surface area (TPSA) is 79.9 Å². The average molecular weight is 335 g/mol. The van der Waals surface area contributed by atoms with Crippen LogP contribution < -0.4 is 20.1 Å². The number of carbonyl (C=O) groups excluding carboxylic acids is 2. The number of hydrogen-bond donors (Lipinski definition) is 2. The molecule has 2 rings (SSSR count). The summed E-state index contributed by atoms with van der Waals surface area (Å²) in [6.07, 6.45) is 2.17. The van der Waals surface area contributed by atoms with Crippen LogP contribution in [0.4, 0.5) is 5.69 Å². The highest BCUT2D eigenvalue weighted by Crippen LogP contribution is 2.28. The first-order valence-corrected chi connectivity index (χ1v) is 8.14. The number of ether oxygens (including phenoxy) is 2. The molecule has 24 heavy (non-hydrogen) atoms. The van der Waals surface area contributed by atoms with Crippen LogP contribution in [0, 0.1) is 0 Å². The molecule has 0 spiro atoms. The molecule has 0 aliphatic carbocycles. The SMILES string of the molecule is CCN1CCC[C@H]1CNC(=O)C(=O)Nc1cc(OC)ccc1OC. The van der Waals surface area contributed by atoms with Crippen LogP contribution in [-0.4, -0.2) is 56.6 Å². The van der Waals surface area contributed by atoms with Crippen molar-refractivity contribution >= 4 is 17.5 Å². The summed E-state index contributed by atoms with van der Waals surface area (Å²) in [7, 11) is 3.03. The van der Waals surface area contributed by atoms with Gasteiger partial charge in [0.2, 0.25) is 0 Å². The van der Waals surface area contributed by atoms with Crippen LogP contribution in [0.1, 0.15) is 19.8 Å². The fourth-order valence-electron chi connectivity index (χ4n) is 2.92. The molecule has 1 aromatic rings. The molecular weight excluding hydrogens is 310 g/mol. The molecule has 0 bridgehead atoms. The number of anilines is 1. The number of hydrogen-bond acceptors (Lipinski definition) is 5. The summed E-state index contributed by atoms with van der Waals surface area (Å²) < 4.78 is 10.3. The van der Waals surface area contributed by atoms with Crippen molar-refractivity contribution in [3.05, 3.63) is 18.2 Å². The maximum atomic E-state index is 12.1. The second-order valence-electron chi connectivity index (χ2n) is 5.66. The largest absolute Gasteiger partial charge is 0.497 e. The van der Waals surface area contributed by atoms with Gasteiger partial charge in [0.05, 0.1) is 19.9 Å². The molecular formula is C17H25N3O4. The van der Waals surface area contributed by atoms with E-state index in [1.54, 1.807) is 18.2 Å². The molecule has 0 radical (unpaired) electrons. The van der Waals surface area contributed by atoms with Gasteiger partial charge in [0, 0.05) is 18.7 Å². The van der Waals surface area contributed by atoms with E-state index in [1.807, 2.05) is 0 Å². The Bertz CT molecular complexity index is 591. The molecule has 2 N–H and O–H groups in total. The van der Waals surface area contributed by atoms with Crippen LogP contribution in [0.2, 0.25) is 0 Å². The van der Waals surface area contributed by atoms with Crippen LogP contribution in [-0.2, 0) is 9.59 Å². The fraction of sp³-hybridized carbons (Fsp3) is 0.529. The number of likely N-dealkylation sites (N-methyl/N-ethyl adjacent to an activating group) is 1. The predicted molar refractivity (Wildman–Crippen MR) is 91.5 cm³/mol. The number of benzene rings is 1. The van der Waals surface area contributed by atoms with E-state index in [2.05, 4.69) is 22.5 Å². The Labute approximate surface area is 142 Å². The van der Waals surface area contributed by atoms with E-state index in [0.717, 1.165) is 25.9 Å². The third-order valence-corrected chi connectivity index (χ3v) is 4.26. The van der Waals surface area contributed by atoms with Crippen LogP contribution in [0.3, 0.4) is 0 Å². The van der Waals surface area contributed by atoms with Crippen molar-refractivity contribution in [1.29, 1.82) is 0 Å². The van der Waals surface area contributed by atoms with E-state index >= 15 is 0 Å². The lowest BCUT2D eigenvalue weighted by atomic mass is 10.2. The molecule has 1 heterocycles. The summed E-state index contributed by atoms with van der Waals surface area (Å²) in [5, 5.41) is 5.28. The summed E-state index contributed by atoms with van der Waals surface area (Å²) in [5.41, 5.74) is 0.396. The van der Waals surface area contributed by atoms with Crippen molar-refractivity contribution in [2.45, 2.75) is 25.8 Å².